The molecule has 0 N–H and O–H groups in total. The molecular formula is C21H24O4. The summed E-state index contributed by atoms with van der Waals surface area (Å²) in [6, 6.07) is 7.67. The van der Waals surface area contributed by atoms with Gasteiger partial charge in [0, 0.05) is 18.4 Å². The molecule has 0 aliphatic carbocycles. The van der Waals surface area contributed by atoms with E-state index in [4.69, 9.17) is 9.47 Å². The quantitative estimate of drug-likeness (QED) is 0.453. The average Bonchev–Trinajstić information content (AvgIpc) is 2.60. The summed E-state index contributed by atoms with van der Waals surface area (Å²) >= 11 is 0. The van der Waals surface area contributed by atoms with E-state index < -0.39 is 17.4 Å². The fraction of sp³-hybridized carbons (Fsp3) is 0.429. The highest BCUT2D eigenvalue weighted by Crippen LogP contribution is 2.30. The molecule has 132 valence electrons. The van der Waals surface area contributed by atoms with E-state index in [1.54, 1.807) is 20.8 Å². The minimum atomic E-state index is -1.52. The van der Waals surface area contributed by atoms with Crippen molar-refractivity contribution in [2.24, 2.45) is 5.41 Å². The molecule has 1 aromatic carbocycles. The molecule has 0 spiro atoms. The Labute approximate surface area is 149 Å². The second-order valence-corrected chi connectivity index (χ2v) is 5.42. The van der Waals surface area contributed by atoms with Crippen LogP contribution in [0, 0.1) is 36.0 Å². The van der Waals surface area contributed by atoms with Gasteiger partial charge in [0.25, 0.3) is 0 Å². The van der Waals surface area contributed by atoms with Crippen LogP contribution in [0.2, 0.25) is 0 Å². The van der Waals surface area contributed by atoms with Crippen LogP contribution in [-0.4, -0.2) is 25.2 Å². The van der Waals surface area contributed by atoms with Crippen molar-refractivity contribution in [1.82, 2.24) is 0 Å². The summed E-state index contributed by atoms with van der Waals surface area (Å²) in [6.45, 7) is 7.34. The molecular weight excluding hydrogens is 316 g/mol. The van der Waals surface area contributed by atoms with Crippen LogP contribution in [0.3, 0.4) is 0 Å². The van der Waals surface area contributed by atoms with E-state index >= 15 is 0 Å². The van der Waals surface area contributed by atoms with Crippen molar-refractivity contribution in [3.63, 3.8) is 0 Å². The molecule has 0 fully saturated rings. The molecule has 0 heterocycles. The van der Waals surface area contributed by atoms with Gasteiger partial charge in [-0.05, 0) is 39.3 Å². The van der Waals surface area contributed by atoms with Crippen LogP contribution in [0.4, 0.5) is 0 Å². The predicted molar refractivity (Wildman–Crippen MR) is 96.4 cm³/mol. The molecule has 1 aromatic rings. The minimum Gasteiger partial charge on any atom is -0.465 e. The third-order valence-electron chi connectivity index (χ3n) is 3.66. The highest BCUT2D eigenvalue weighted by Gasteiger charge is 2.48. The van der Waals surface area contributed by atoms with E-state index in [1.165, 1.54) is 0 Å². The van der Waals surface area contributed by atoms with Gasteiger partial charge in [0.1, 0.15) is 0 Å². The van der Waals surface area contributed by atoms with Crippen molar-refractivity contribution >= 4 is 11.9 Å². The van der Waals surface area contributed by atoms with E-state index in [0.717, 1.165) is 11.1 Å². The fourth-order valence-electron chi connectivity index (χ4n) is 2.22. The molecule has 0 radical (unpaired) electrons. The van der Waals surface area contributed by atoms with Crippen LogP contribution < -0.4 is 0 Å². The van der Waals surface area contributed by atoms with Crippen LogP contribution in [0.1, 0.15) is 44.7 Å². The molecule has 4 nitrogen and oxygen atoms in total. The largest absolute Gasteiger partial charge is 0.465 e. The summed E-state index contributed by atoms with van der Waals surface area (Å²) in [5, 5.41) is 0. The second kappa shape index (κ2) is 10.2. The molecule has 0 atom stereocenters. The van der Waals surface area contributed by atoms with Crippen LogP contribution in [0.25, 0.3) is 0 Å². The summed E-state index contributed by atoms with van der Waals surface area (Å²) in [6.07, 6.45) is 0.0112. The number of hydrogen-bond donors (Lipinski definition) is 0. The Balaban J connectivity index is 3.23. The van der Waals surface area contributed by atoms with Crippen LogP contribution in [-0.2, 0) is 19.1 Å². The molecule has 0 aromatic heterocycles. The second-order valence-electron chi connectivity index (χ2n) is 5.42. The number of aryl methyl sites for hydroxylation is 1. The lowest BCUT2D eigenvalue weighted by molar-refractivity contribution is -0.171. The van der Waals surface area contributed by atoms with E-state index in [0.29, 0.717) is 0 Å². The van der Waals surface area contributed by atoms with Crippen LogP contribution in [0.5, 0.6) is 0 Å². The van der Waals surface area contributed by atoms with Gasteiger partial charge in [-0.3, -0.25) is 9.59 Å². The predicted octanol–water partition coefficient (Wildman–Crippen LogP) is 3.26. The molecule has 0 saturated carbocycles. The van der Waals surface area contributed by atoms with Gasteiger partial charge >= 0.3 is 11.9 Å². The maximum atomic E-state index is 12.5. The molecule has 25 heavy (non-hydrogen) atoms. The normalized spacial score (nSPS) is 9.92. The van der Waals surface area contributed by atoms with Gasteiger partial charge in [0.2, 0.25) is 0 Å². The van der Waals surface area contributed by atoms with Gasteiger partial charge in [-0.25, -0.2) is 0 Å². The summed E-state index contributed by atoms with van der Waals surface area (Å²) < 4.78 is 10.2. The lowest BCUT2D eigenvalue weighted by atomic mass is 9.81. The number of benzene rings is 1. The van der Waals surface area contributed by atoms with Crippen LogP contribution >= 0.6 is 0 Å². The molecule has 0 aliphatic heterocycles. The number of ether oxygens (including phenoxy) is 2. The Hall–Kier alpha value is -2.72. The zero-order valence-corrected chi connectivity index (χ0v) is 15.3. The summed E-state index contributed by atoms with van der Waals surface area (Å²) in [5.41, 5.74) is 0.358. The zero-order valence-electron chi connectivity index (χ0n) is 15.3. The standard InChI is InChI=1S/C21H24O4/c1-5-8-15-21(19(22)24-6-2,20(23)25-7-3)16-11-14-18-13-10-9-12-17(18)4/h9-10,12-13H,6-7,15-16H2,1-4H3. The first kappa shape index (κ1) is 20.3. The van der Waals surface area contributed by atoms with Gasteiger partial charge in [-0.15, -0.1) is 11.8 Å². The van der Waals surface area contributed by atoms with Crippen molar-refractivity contribution in [3.05, 3.63) is 35.4 Å². The smallest absolute Gasteiger partial charge is 0.325 e. The van der Waals surface area contributed by atoms with E-state index in [-0.39, 0.29) is 26.1 Å². The van der Waals surface area contributed by atoms with Gasteiger partial charge in [-0.2, -0.15) is 0 Å². The van der Waals surface area contributed by atoms with Crippen molar-refractivity contribution in [2.75, 3.05) is 13.2 Å². The van der Waals surface area contributed by atoms with E-state index in [9.17, 15) is 9.59 Å². The highest BCUT2D eigenvalue weighted by molar-refractivity contribution is 6.00. The number of rotatable bonds is 6. The Morgan fingerprint density at radius 2 is 1.56 bits per heavy atom. The lowest BCUT2D eigenvalue weighted by Gasteiger charge is -2.25. The Morgan fingerprint density at radius 3 is 2.08 bits per heavy atom. The van der Waals surface area contributed by atoms with Crippen molar-refractivity contribution in [1.29, 1.82) is 0 Å². The fourth-order valence-corrected chi connectivity index (χ4v) is 2.22. The topological polar surface area (TPSA) is 52.6 Å². The van der Waals surface area contributed by atoms with Gasteiger partial charge in [0.15, 0.2) is 5.41 Å². The summed E-state index contributed by atoms with van der Waals surface area (Å²) in [7, 11) is 0. The van der Waals surface area contributed by atoms with Crippen molar-refractivity contribution < 1.29 is 19.1 Å². The average molecular weight is 340 g/mol. The number of carbonyl (C=O) groups excluding carboxylic acids is 2. The van der Waals surface area contributed by atoms with Gasteiger partial charge in [-0.1, -0.05) is 30.0 Å². The molecule has 0 amide bonds. The maximum Gasteiger partial charge on any atom is 0.325 e. The molecule has 0 unspecified atom stereocenters. The summed E-state index contributed by atoms with van der Waals surface area (Å²) in [5.74, 6) is 10.2. The number of esters is 2. The monoisotopic (exact) mass is 340 g/mol. The van der Waals surface area contributed by atoms with Crippen LogP contribution in [0.15, 0.2) is 24.3 Å². The number of hydrogen-bond acceptors (Lipinski definition) is 4. The van der Waals surface area contributed by atoms with Crippen molar-refractivity contribution in [3.8, 4) is 23.7 Å². The van der Waals surface area contributed by atoms with Crippen molar-refractivity contribution in [2.45, 2.75) is 40.5 Å². The van der Waals surface area contributed by atoms with E-state index in [2.05, 4.69) is 23.7 Å². The first-order chi connectivity index (χ1) is 12.0. The third-order valence-corrected chi connectivity index (χ3v) is 3.66. The minimum absolute atomic E-state index is 0.00627. The maximum absolute atomic E-state index is 12.5. The Morgan fingerprint density at radius 1 is 1.00 bits per heavy atom. The zero-order chi connectivity index (χ0) is 18.7. The summed E-state index contributed by atoms with van der Waals surface area (Å²) in [4.78, 5) is 25.1. The molecule has 0 aliphatic rings. The molecule has 4 heteroatoms. The molecule has 0 bridgehead atoms. The van der Waals surface area contributed by atoms with E-state index in [1.807, 2.05) is 31.2 Å². The third kappa shape index (κ3) is 5.40. The van der Waals surface area contributed by atoms with Gasteiger partial charge < -0.3 is 9.47 Å². The first-order valence-corrected chi connectivity index (χ1v) is 8.30. The molecule has 1 rings (SSSR count). The first-order valence-electron chi connectivity index (χ1n) is 8.30. The number of carbonyl (C=O) groups is 2. The lowest BCUT2D eigenvalue weighted by Crippen LogP contribution is -2.41. The molecule has 0 saturated heterocycles. The van der Waals surface area contributed by atoms with Gasteiger partial charge in [0.05, 0.1) is 13.2 Å². The SMILES string of the molecule is CC#CCC(CC#Cc1ccccc1C)(C(=O)OCC)C(=O)OCC. The Kier molecular flexibility index (Phi) is 8.30. The Bertz CT molecular complexity index is 707. The highest BCUT2D eigenvalue weighted by atomic mass is 16.6.